The van der Waals surface area contributed by atoms with Crippen LogP contribution in [0.3, 0.4) is 0 Å². The minimum absolute atomic E-state index is 0.0402. The van der Waals surface area contributed by atoms with Gasteiger partial charge in [0, 0.05) is 36.6 Å². The number of nitrogens with zero attached hydrogens (tertiary/aromatic N) is 3. The van der Waals surface area contributed by atoms with Crippen LogP contribution in [0.25, 0.3) is 0 Å². The van der Waals surface area contributed by atoms with Gasteiger partial charge in [-0.15, -0.1) is 0 Å². The first kappa shape index (κ1) is 24.6. The molecule has 7 nitrogen and oxygen atoms in total. The quantitative estimate of drug-likeness (QED) is 0.122. The van der Waals surface area contributed by atoms with Gasteiger partial charge in [-0.25, -0.2) is 0 Å². The molecule has 0 aliphatic rings. The third-order valence-electron chi connectivity index (χ3n) is 4.34. The van der Waals surface area contributed by atoms with Crippen molar-refractivity contribution >= 4 is 44.8 Å². The standard InChI is InChI=1S/C21H29BrN4O3S/c1-29-19-7-8-20(23-10-2-9-22)21(15-19)30-16-24-25-17-3-5-18(6-4-17)26(11-13-27)12-14-28/h3-8,15,23,27-28H,2,9-14,16H2,1H3/p+1. The molecule has 0 radical (unpaired) electrons. The van der Waals surface area contributed by atoms with E-state index in [1.807, 2.05) is 41.3 Å². The smallest absolute Gasteiger partial charge is 0.143 e. The number of aliphatic hydroxyl groups is 2. The maximum atomic E-state index is 9.16. The van der Waals surface area contributed by atoms with Crippen molar-refractivity contribution in [1.29, 1.82) is 0 Å². The lowest BCUT2D eigenvalue weighted by Crippen LogP contribution is -2.78. The maximum absolute atomic E-state index is 9.16. The van der Waals surface area contributed by atoms with E-state index in [9.17, 15) is 0 Å². The highest BCUT2D eigenvalue weighted by atomic mass is 79.9. The molecule has 164 valence electrons. The van der Waals surface area contributed by atoms with Gasteiger partial charge in [0.2, 0.25) is 0 Å². The Morgan fingerprint density at radius 2 is 1.83 bits per heavy atom. The molecule has 0 fully saturated rings. The van der Waals surface area contributed by atoms with Gasteiger partial charge in [0.05, 0.1) is 37.5 Å². The lowest BCUT2D eigenvalue weighted by Gasteiger charge is -2.22. The van der Waals surface area contributed by atoms with Crippen LogP contribution in [-0.4, -0.2) is 61.4 Å². The fraction of sp³-hybridized carbons (Fsp3) is 0.429. The Morgan fingerprint density at radius 1 is 1.10 bits per heavy atom. The topological polar surface area (TPSA) is 94.3 Å². The van der Waals surface area contributed by atoms with Gasteiger partial charge in [0.1, 0.15) is 17.3 Å². The van der Waals surface area contributed by atoms with Crippen LogP contribution in [0.4, 0.5) is 17.1 Å². The normalized spacial score (nSPS) is 11.2. The number of anilines is 1. The summed E-state index contributed by atoms with van der Waals surface area (Å²) >= 11 is 5.10. The third kappa shape index (κ3) is 8.23. The first-order valence-corrected chi connectivity index (χ1v) is 12.0. The molecule has 0 heterocycles. The van der Waals surface area contributed by atoms with E-state index in [2.05, 4.69) is 37.5 Å². The van der Waals surface area contributed by atoms with Crippen LogP contribution in [0.5, 0.6) is 5.75 Å². The number of methoxy groups -OCH3 is 1. The van der Waals surface area contributed by atoms with Crippen LogP contribution in [0.1, 0.15) is 6.42 Å². The number of thioether (sulfide) groups is 1. The van der Waals surface area contributed by atoms with E-state index in [4.69, 9.17) is 14.9 Å². The molecule has 2 aromatic carbocycles. The average Bonchev–Trinajstić information content (AvgIpc) is 2.78. The number of quaternary nitrogens is 1. The minimum atomic E-state index is 0.0402. The van der Waals surface area contributed by atoms with Crippen molar-refractivity contribution in [3.05, 3.63) is 42.5 Å². The minimum Gasteiger partial charge on any atom is -0.497 e. The molecule has 0 unspecified atom stereocenters. The van der Waals surface area contributed by atoms with Crippen LogP contribution in [0.15, 0.2) is 57.6 Å². The Hall–Kier alpha value is -1.65. The number of hydrogen-bond acceptors (Lipinski definition) is 7. The zero-order valence-electron chi connectivity index (χ0n) is 17.2. The SMILES string of the molecule is COc1ccc([NH2+]CCCBr)c(SCN=Nc2ccc(N(CCO)CCO)cc2)c1. The number of hydrogen-bond donors (Lipinski definition) is 3. The first-order chi connectivity index (χ1) is 14.7. The van der Waals surface area contributed by atoms with Gasteiger partial charge in [-0.05, 0) is 36.4 Å². The second-order valence-electron chi connectivity index (χ2n) is 6.40. The van der Waals surface area contributed by atoms with Crippen molar-refractivity contribution in [3.8, 4) is 5.75 Å². The summed E-state index contributed by atoms with van der Waals surface area (Å²) in [6.45, 7) is 2.06. The molecule has 0 saturated heterocycles. The molecular formula is C21H30BrN4O3S+. The molecule has 0 aliphatic heterocycles. The first-order valence-electron chi connectivity index (χ1n) is 9.86. The Bertz CT molecular complexity index is 771. The van der Waals surface area contributed by atoms with E-state index in [0.29, 0.717) is 19.0 Å². The predicted octanol–water partition coefficient (Wildman–Crippen LogP) is 3.30. The van der Waals surface area contributed by atoms with E-state index in [1.165, 1.54) is 5.69 Å². The predicted molar refractivity (Wildman–Crippen MR) is 126 cm³/mol. The van der Waals surface area contributed by atoms with E-state index in [0.717, 1.165) is 40.3 Å². The molecule has 0 saturated carbocycles. The highest BCUT2D eigenvalue weighted by Crippen LogP contribution is 2.29. The van der Waals surface area contributed by atoms with E-state index < -0.39 is 0 Å². The second kappa shape index (κ2) is 14.4. The van der Waals surface area contributed by atoms with Crippen molar-refractivity contribution < 1.29 is 20.3 Å². The number of azo groups is 1. The molecule has 2 aromatic rings. The highest BCUT2D eigenvalue weighted by molar-refractivity contribution is 9.09. The molecule has 0 aliphatic carbocycles. The molecule has 30 heavy (non-hydrogen) atoms. The summed E-state index contributed by atoms with van der Waals surface area (Å²) in [6, 6.07) is 13.7. The number of rotatable bonds is 14. The van der Waals surface area contributed by atoms with Gasteiger partial charge in [-0.2, -0.15) is 10.2 Å². The van der Waals surface area contributed by atoms with E-state index in [-0.39, 0.29) is 13.2 Å². The summed E-state index contributed by atoms with van der Waals surface area (Å²) < 4.78 is 5.35. The number of halogens is 1. The van der Waals surface area contributed by atoms with Crippen LogP contribution in [-0.2, 0) is 0 Å². The largest absolute Gasteiger partial charge is 0.497 e. The number of nitrogens with two attached hydrogens (primary N) is 1. The molecule has 0 bridgehead atoms. The summed E-state index contributed by atoms with van der Waals surface area (Å²) in [5, 5.41) is 30.2. The lowest BCUT2D eigenvalue weighted by molar-refractivity contribution is -0.573. The van der Waals surface area contributed by atoms with Crippen molar-refractivity contribution in [2.24, 2.45) is 10.2 Å². The highest BCUT2D eigenvalue weighted by Gasteiger charge is 2.09. The molecule has 0 amide bonds. The Kier molecular flexibility index (Phi) is 11.8. The average molecular weight is 498 g/mol. The van der Waals surface area contributed by atoms with Gasteiger partial charge >= 0.3 is 0 Å². The van der Waals surface area contributed by atoms with Gasteiger partial charge in [0.25, 0.3) is 0 Å². The van der Waals surface area contributed by atoms with Gasteiger partial charge in [-0.1, -0.05) is 27.7 Å². The summed E-state index contributed by atoms with van der Waals surface area (Å²) in [4.78, 5) is 3.05. The van der Waals surface area contributed by atoms with Crippen molar-refractivity contribution in [3.63, 3.8) is 0 Å². The fourth-order valence-corrected chi connectivity index (χ4v) is 3.92. The summed E-state index contributed by atoms with van der Waals surface area (Å²) in [7, 11) is 1.67. The second-order valence-corrected chi connectivity index (χ2v) is 8.18. The van der Waals surface area contributed by atoms with E-state index in [1.54, 1.807) is 18.9 Å². The monoisotopic (exact) mass is 497 g/mol. The summed E-state index contributed by atoms with van der Waals surface area (Å²) in [6.07, 6.45) is 1.10. The Labute approximate surface area is 190 Å². The van der Waals surface area contributed by atoms with Crippen LogP contribution in [0.2, 0.25) is 0 Å². The third-order valence-corrected chi connectivity index (χ3v) is 5.81. The molecular weight excluding hydrogens is 468 g/mol. The zero-order chi connectivity index (χ0) is 21.6. The number of alkyl halides is 1. The van der Waals surface area contributed by atoms with Crippen molar-refractivity contribution in [2.75, 3.05) is 56.1 Å². The molecule has 0 aromatic heterocycles. The van der Waals surface area contributed by atoms with Gasteiger partial charge in [0.15, 0.2) is 0 Å². The number of aliphatic hydroxyl groups excluding tert-OH is 2. The summed E-state index contributed by atoms with van der Waals surface area (Å²) in [5.41, 5.74) is 2.89. The zero-order valence-corrected chi connectivity index (χ0v) is 19.6. The lowest BCUT2D eigenvalue weighted by atomic mass is 10.2. The van der Waals surface area contributed by atoms with Crippen LogP contribution in [0, 0.1) is 0 Å². The van der Waals surface area contributed by atoms with Gasteiger partial charge < -0.3 is 25.2 Å². The van der Waals surface area contributed by atoms with Crippen LogP contribution < -0.4 is 15.0 Å². The molecule has 0 atom stereocenters. The summed E-state index contributed by atoms with van der Waals surface area (Å²) in [5.74, 6) is 1.34. The molecule has 2 rings (SSSR count). The molecule has 4 N–H and O–H groups in total. The van der Waals surface area contributed by atoms with E-state index >= 15 is 0 Å². The maximum Gasteiger partial charge on any atom is 0.143 e. The number of ether oxygens (including phenoxy) is 1. The van der Waals surface area contributed by atoms with Crippen molar-refractivity contribution in [2.45, 2.75) is 11.3 Å². The van der Waals surface area contributed by atoms with Crippen LogP contribution >= 0.6 is 27.7 Å². The molecule has 9 heteroatoms. The molecule has 0 spiro atoms. The Morgan fingerprint density at radius 3 is 2.47 bits per heavy atom. The van der Waals surface area contributed by atoms with Gasteiger partial charge in [-0.3, -0.25) is 0 Å². The Balaban J connectivity index is 1.95. The number of benzene rings is 2. The fourth-order valence-electron chi connectivity index (χ4n) is 2.82. The van der Waals surface area contributed by atoms with Crippen molar-refractivity contribution in [1.82, 2.24) is 0 Å².